The first-order chi connectivity index (χ1) is 8.13. The summed E-state index contributed by atoms with van der Waals surface area (Å²) in [5.74, 6) is 0.0127. The second kappa shape index (κ2) is 6.51. The molecule has 0 fully saturated rings. The van der Waals surface area contributed by atoms with Crippen LogP contribution in [0.15, 0.2) is 35.0 Å². The number of carbonyl (C=O) groups is 1. The molecule has 0 heterocycles. The molecule has 1 aromatic rings. The highest BCUT2D eigenvalue weighted by Gasteiger charge is 2.03. The molecule has 0 saturated heterocycles. The van der Waals surface area contributed by atoms with Crippen molar-refractivity contribution in [3.63, 3.8) is 0 Å². The molecule has 4 nitrogen and oxygen atoms in total. The molecule has 0 amide bonds. The van der Waals surface area contributed by atoms with Gasteiger partial charge in [0.05, 0.1) is 0 Å². The zero-order valence-corrected chi connectivity index (χ0v) is 10.1. The summed E-state index contributed by atoms with van der Waals surface area (Å²) in [6.07, 6.45) is 2.32. The summed E-state index contributed by atoms with van der Waals surface area (Å²) in [5, 5.41) is 3.44. The Morgan fingerprint density at radius 3 is 2.59 bits per heavy atom. The average Bonchev–Trinajstić information content (AvgIpc) is 2.30. The van der Waals surface area contributed by atoms with E-state index in [4.69, 9.17) is 5.53 Å². The van der Waals surface area contributed by atoms with Gasteiger partial charge in [0.25, 0.3) is 0 Å². The Labute approximate surface area is 101 Å². The first-order valence-corrected chi connectivity index (χ1v) is 5.42. The summed E-state index contributed by atoms with van der Waals surface area (Å²) in [6.45, 7) is 3.85. The lowest BCUT2D eigenvalue weighted by Gasteiger charge is -2.02. The van der Waals surface area contributed by atoms with Crippen LogP contribution in [0.3, 0.4) is 0 Å². The summed E-state index contributed by atoms with van der Waals surface area (Å²) in [6, 6.07) is 7.92. The monoisotopic (exact) mass is 229 g/mol. The number of hydrogen-bond acceptors (Lipinski definition) is 2. The van der Waals surface area contributed by atoms with Gasteiger partial charge in [-0.25, -0.2) is 0 Å². The van der Waals surface area contributed by atoms with Crippen LogP contribution >= 0.6 is 0 Å². The summed E-state index contributed by atoms with van der Waals surface area (Å²) in [7, 11) is 0. The van der Waals surface area contributed by atoms with Crippen molar-refractivity contribution >= 4 is 11.9 Å². The van der Waals surface area contributed by atoms with Gasteiger partial charge < -0.3 is 0 Å². The van der Waals surface area contributed by atoms with Gasteiger partial charge in [0.1, 0.15) is 0 Å². The van der Waals surface area contributed by atoms with Gasteiger partial charge in [0.2, 0.25) is 0 Å². The first kappa shape index (κ1) is 13.0. The van der Waals surface area contributed by atoms with Crippen molar-refractivity contribution in [2.24, 2.45) is 5.11 Å². The Hall–Kier alpha value is -2.06. The van der Waals surface area contributed by atoms with E-state index in [1.165, 1.54) is 12.5 Å². The molecule has 0 radical (unpaired) electrons. The van der Waals surface area contributed by atoms with Gasteiger partial charge in [-0.05, 0) is 43.0 Å². The predicted octanol–water partition coefficient (Wildman–Crippen LogP) is 3.67. The molecule has 0 saturated carbocycles. The van der Waals surface area contributed by atoms with E-state index in [-0.39, 0.29) is 5.78 Å². The topological polar surface area (TPSA) is 65.8 Å². The normalized spacial score (nSPS) is 10.8. The van der Waals surface area contributed by atoms with Crippen LogP contribution in [-0.2, 0) is 4.79 Å². The van der Waals surface area contributed by atoms with Crippen LogP contribution in [0.1, 0.15) is 24.5 Å². The van der Waals surface area contributed by atoms with E-state index in [1.54, 1.807) is 0 Å². The largest absolute Gasteiger partial charge is 0.295 e. The van der Waals surface area contributed by atoms with Gasteiger partial charge in [-0.1, -0.05) is 34.9 Å². The quantitative estimate of drug-likeness (QED) is 0.329. The lowest BCUT2D eigenvalue weighted by molar-refractivity contribution is -0.113. The lowest BCUT2D eigenvalue weighted by Crippen LogP contribution is -1.98. The molecule has 0 aromatic heterocycles. The van der Waals surface area contributed by atoms with Crippen LogP contribution in [0.25, 0.3) is 16.5 Å². The summed E-state index contributed by atoms with van der Waals surface area (Å²) < 4.78 is 0. The molecular formula is C13H15N3O. The molecule has 0 aliphatic rings. The van der Waals surface area contributed by atoms with E-state index in [0.29, 0.717) is 18.5 Å². The molecule has 0 N–H and O–H groups in total. The smallest absolute Gasteiger partial charge is 0.155 e. The fourth-order valence-corrected chi connectivity index (χ4v) is 1.43. The number of hydrogen-bond donors (Lipinski definition) is 0. The number of benzene rings is 1. The molecule has 4 heteroatoms. The highest BCUT2D eigenvalue weighted by atomic mass is 16.1. The second-order valence-electron chi connectivity index (χ2n) is 3.84. The molecule has 1 rings (SSSR count). The number of nitrogens with zero attached hydrogens (tertiary/aromatic N) is 3. The molecule has 0 aliphatic carbocycles. The van der Waals surface area contributed by atoms with Crippen LogP contribution in [0.5, 0.6) is 0 Å². The third kappa shape index (κ3) is 4.53. The van der Waals surface area contributed by atoms with Crippen molar-refractivity contribution < 1.29 is 4.79 Å². The number of azide groups is 1. The Bertz CT molecular complexity index is 468. The average molecular weight is 229 g/mol. The fourth-order valence-electron chi connectivity index (χ4n) is 1.43. The Morgan fingerprint density at radius 2 is 2.06 bits per heavy atom. The zero-order valence-electron chi connectivity index (χ0n) is 10.1. The molecule has 88 valence electrons. The maximum absolute atomic E-state index is 11.4. The van der Waals surface area contributed by atoms with E-state index in [0.717, 1.165) is 5.56 Å². The van der Waals surface area contributed by atoms with Crippen LogP contribution in [-0.4, -0.2) is 12.3 Å². The Morgan fingerprint density at radius 1 is 1.41 bits per heavy atom. The maximum atomic E-state index is 11.4. The number of rotatable bonds is 5. The molecule has 17 heavy (non-hydrogen) atoms. The van der Waals surface area contributed by atoms with Crippen molar-refractivity contribution in [2.45, 2.75) is 20.3 Å². The zero-order chi connectivity index (χ0) is 12.7. The van der Waals surface area contributed by atoms with E-state index >= 15 is 0 Å². The van der Waals surface area contributed by atoms with Crippen molar-refractivity contribution in [1.82, 2.24) is 0 Å². The van der Waals surface area contributed by atoms with E-state index < -0.39 is 0 Å². The highest BCUT2D eigenvalue weighted by Crippen LogP contribution is 2.12. The van der Waals surface area contributed by atoms with Gasteiger partial charge in [0, 0.05) is 11.5 Å². The van der Waals surface area contributed by atoms with Gasteiger partial charge >= 0.3 is 0 Å². The highest BCUT2D eigenvalue weighted by molar-refractivity contribution is 5.97. The van der Waals surface area contributed by atoms with Crippen molar-refractivity contribution in [2.75, 3.05) is 6.54 Å². The first-order valence-electron chi connectivity index (χ1n) is 5.42. The van der Waals surface area contributed by atoms with Crippen LogP contribution in [0.4, 0.5) is 0 Å². The van der Waals surface area contributed by atoms with Gasteiger partial charge in [-0.15, -0.1) is 0 Å². The minimum atomic E-state index is 0.0127. The summed E-state index contributed by atoms with van der Waals surface area (Å²) in [5.41, 5.74) is 11.0. The predicted molar refractivity (Wildman–Crippen MR) is 68.5 cm³/mol. The molecule has 0 spiro atoms. The fraction of sp³-hybridized carbons (Fsp3) is 0.308. The Balaban J connectivity index is 2.85. The molecular weight excluding hydrogens is 214 g/mol. The Kier molecular flexibility index (Phi) is 4.98. The second-order valence-corrected chi connectivity index (χ2v) is 3.84. The molecule has 0 aliphatic heterocycles. The molecule has 1 aromatic carbocycles. The SMILES string of the molecule is CC(=O)/C(=C/c1ccc(C)cc1)CCN=[N+]=[N-]. The van der Waals surface area contributed by atoms with Gasteiger partial charge in [-0.2, -0.15) is 0 Å². The lowest BCUT2D eigenvalue weighted by atomic mass is 10.0. The van der Waals surface area contributed by atoms with E-state index in [2.05, 4.69) is 10.0 Å². The van der Waals surface area contributed by atoms with Crippen molar-refractivity contribution in [1.29, 1.82) is 0 Å². The third-order valence-corrected chi connectivity index (χ3v) is 2.41. The van der Waals surface area contributed by atoms with Gasteiger partial charge in [0.15, 0.2) is 5.78 Å². The van der Waals surface area contributed by atoms with Crippen LogP contribution < -0.4 is 0 Å². The number of Topliss-reactive ketones (excluding diaryl/α,β-unsaturated/α-hetero) is 1. The minimum absolute atomic E-state index is 0.0127. The molecule has 0 bridgehead atoms. The van der Waals surface area contributed by atoms with Crippen LogP contribution in [0.2, 0.25) is 0 Å². The standard InChI is InChI=1S/C13H15N3O/c1-10-3-5-12(6-4-10)9-13(11(2)17)7-8-15-16-14/h3-6,9H,7-8H2,1-2H3/b13-9+. The van der Waals surface area contributed by atoms with Crippen LogP contribution in [0, 0.1) is 6.92 Å². The maximum Gasteiger partial charge on any atom is 0.155 e. The number of ketones is 1. The van der Waals surface area contributed by atoms with Crippen molar-refractivity contribution in [3.8, 4) is 0 Å². The van der Waals surface area contributed by atoms with E-state index in [1.807, 2.05) is 37.3 Å². The minimum Gasteiger partial charge on any atom is -0.295 e. The van der Waals surface area contributed by atoms with Gasteiger partial charge in [-0.3, -0.25) is 4.79 Å². The van der Waals surface area contributed by atoms with E-state index in [9.17, 15) is 4.79 Å². The number of carbonyl (C=O) groups excluding carboxylic acids is 1. The molecule has 0 unspecified atom stereocenters. The van der Waals surface area contributed by atoms with Crippen molar-refractivity contribution in [3.05, 3.63) is 51.4 Å². The third-order valence-electron chi connectivity index (χ3n) is 2.41. The molecule has 0 atom stereocenters. The number of aryl methyl sites for hydroxylation is 1. The summed E-state index contributed by atoms with van der Waals surface area (Å²) >= 11 is 0. The summed E-state index contributed by atoms with van der Waals surface area (Å²) in [4.78, 5) is 14.1.